The Bertz CT molecular complexity index is 1060. The average Bonchev–Trinajstić information content (AvgIpc) is 3.06. The second-order valence-corrected chi connectivity index (χ2v) is 6.90. The first-order valence-corrected chi connectivity index (χ1v) is 9.42. The molecule has 2 heterocycles. The van der Waals surface area contributed by atoms with Gasteiger partial charge in [-0.2, -0.15) is 5.10 Å². The maximum atomic E-state index is 6.38. The van der Waals surface area contributed by atoms with E-state index < -0.39 is 0 Å². The first-order chi connectivity index (χ1) is 12.2. The molecule has 0 saturated heterocycles. The van der Waals surface area contributed by atoms with Gasteiger partial charge in [-0.25, -0.2) is 4.98 Å². The molecule has 2 aromatic carbocycles. The zero-order valence-corrected chi connectivity index (χ0v) is 15.4. The van der Waals surface area contributed by atoms with Crippen molar-refractivity contribution in [2.75, 3.05) is 13.4 Å². The molecule has 0 aliphatic rings. The first kappa shape index (κ1) is 16.2. The van der Waals surface area contributed by atoms with Gasteiger partial charge in [0.2, 0.25) is 0 Å². The Balaban J connectivity index is 1.83. The van der Waals surface area contributed by atoms with Gasteiger partial charge in [0.25, 0.3) is 0 Å². The first-order valence-electron chi connectivity index (χ1n) is 7.82. The van der Waals surface area contributed by atoms with E-state index in [9.17, 15) is 0 Å². The standard InChI is InChI=1S/C19H16ClN3OS/c1-24-13-8-6-12(7-9-13)10-23-11-14-17-15(4-3-5-16(17)25-2)21-19(20)18(14)22-23/h3-9,11H,10H2,1-2H3. The van der Waals surface area contributed by atoms with E-state index >= 15 is 0 Å². The van der Waals surface area contributed by atoms with E-state index in [2.05, 4.69) is 28.6 Å². The van der Waals surface area contributed by atoms with E-state index in [1.54, 1.807) is 18.9 Å². The lowest BCUT2D eigenvalue weighted by atomic mass is 10.1. The van der Waals surface area contributed by atoms with Gasteiger partial charge in [-0.05, 0) is 36.1 Å². The maximum Gasteiger partial charge on any atom is 0.157 e. The second-order valence-electron chi connectivity index (χ2n) is 5.69. The second kappa shape index (κ2) is 6.58. The van der Waals surface area contributed by atoms with Crippen molar-refractivity contribution in [1.82, 2.24) is 14.8 Å². The molecule has 4 rings (SSSR count). The number of nitrogens with zero attached hydrogens (tertiary/aromatic N) is 3. The zero-order chi connectivity index (χ0) is 17.4. The molecular weight excluding hydrogens is 354 g/mol. The molecule has 6 heteroatoms. The fourth-order valence-electron chi connectivity index (χ4n) is 2.97. The average molecular weight is 370 g/mol. The summed E-state index contributed by atoms with van der Waals surface area (Å²) < 4.78 is 7.12. The molecule has 0 N–H and O–H groups in total. The van der Waals surface area contributed by atoms with Gasteiger partial charge in [-0.1, -0.05) is 29.8 Å². The molecule has 4 nitrogen and oxygen atoms in total. The van der Waals surface area contributed by atoms with Crippen LogP contribution in [0.15, 0.2) is 53.6 Å². The number of ether oxygens (including phenoxy) is 1. The molecule has 0 aliphatic heterocycles. The third kappa shape index (κ3) is 2.94. The fraction of sp³-hybridized carbons (Fsp3) is 0.158. The van der Waals surface area contributed by atoms with Crippen molar-refractivity contribution in [3.8, 4) is 5.75 Å². The van der Waals surface area contributed by atoms with Crippen LogP contribution in [0.5, 0.6) is 5.75 Å². The lowest BCUT2D eigenvalue weighted by Gasteiger charge is -2.04. The minimum Gasteiger partial charge on any atom is -0.497 e. The summed E-state index contributed by atoms with van der Waals surface area (Å²) in [6, 6.07) is 14.1. The van der Waals surface area contributed by atoms with Crippen LogP contribution in [0.4, 0.5) is 0 Å². The van der Waals surface area contributed by atoms with Crippen molar-refractivity contribution in [3.05, 3.63) is 59.4 Å². The van der Waals surface area contributed by atoms with Crippen LogP contribution in [0.3, 0.4) is 0 Å². The third-order valence-corrected chi connectivity index (χ3v) is 5.22. The third-order valence-electron chi connectivity index (χ3n) is 4.17. The Kier molecular flexibility index (Phi) is 4.27. The molecule has 0 atom stereocenters. The van der Waals surface area contributed by atoms with Gasteiger partial charge in [0, 0.05) is 21.9 Å². The van der Waals surface area contributed by atoms with E-state index in [4.69, 9.17) is 16.3 Å². The van der Waals surface area contributed by atoms with Crippen LogP contribution in [0, 0.1) is 0 Å². The number of hydrogen-bond donors (Lipinski definition) is 0. The topological polar surface area (TPSA) is 39.9 Å². The lowest BCUT2D eigenvalue weighted by Crippen LogP contribution is -1.99. The summed E-state index contributed by atoms with van der Waals surface area (Å²) in [5.74, 6) is 0.845. The van der Waals surface area contributed by atoms with Crippen molar-refractivity contribution in [3.63, 3.8) is 0 Å². The maximum absolute atomic E-state index is 6.38. The molecule has 0 bridgehead atoms. The molecule has 0 amide bonds. The smallest absolute Gasteiger partial charge is 0.157 e. The number of fused-ring (bicyclic) bond motifs is 3. The summed E-state index contributed by atoms with van der Waals surface area (Å²) >= 11 is 8.08. The Hall–Kier alpha value is -2.24. The van der Waals surface area contributed by atoms with Crippen LogP contribution in [-0.4, -0.2) is 28.1 Å². The fourth-order valence-corrected chi connectivity index (χ4v) is 3.83. The highest BCUT2D eigenvalue weighted by Gasteiger charge is 2.14. The van der Waals surface area contributed by atoms with Gasteiger partial charge in [0.1, 0.15) is 11.3 Å². The number of methoxy groups -OCH3 is 1. The van der Waals surface area contributed by atoms with Gasteiger partial charge in [0.15, 0.2) is 5.15 Å². The zero-order valence-electron chi connectivity index (χ0n) is 13.9. The summed E-state index contributed by atoms with van der Waals surface area (Å²) in [4.78, 5) is 5.69. The van der Waals surface area contributed by atoms with Gasteiger partial charge < -0.3 is 4.74 Å². The highest BCUT2D eigenvalue weighted by molar-refractivity contribution is 7.98. The van der Waals surface area contributed by atoms with Gasteiger partial charge in [0.05, 0.1) is 19.2 Å². The molecule has 0 unspecified atom stereocenters. The van der Waals surface area contributed by atoms with Crippen molar-refractivity contribution >= 4 is 45.2 Å². The van der Waals surface area contributed by atoms with Crippen LogP contribution in [0.2, 0.25) is 5.15 Å². The predicted octanol–water partition coefficient (Wildman–Crippen LogP) is 5.02. The van der Waals surface area contributed by atoms with E-state index in [1.807, 2.05) is 41.1 Å². The number of halogens is 1. The minimum absolute atomic E-state index is 0.439. The molecule has 126 valence electrons. The van der Waals surface area contributed by atoms with Crippen LogP contribution in [-0.2, 0) is 6.54 Å². The molecule has 0 aliphatic carbocycles. The van der Waals surface area contributed by atoms with Crippen molar-refractivity contribution < 1.29 is 4.74 Å². The molecule has 4 aromatic rings. The molecule has 0 fully saturated rings. The number of pyridine rings is 1. The summed E-state index contributed by atoms with van der Waals surface area (Å²) in [5.41, 5.74) is 2.78. The summed E-state index contributed by atoms with van der Waals surface area (Å²) in [6.45, 7) is 0.665. The molecule has 0 saturated carbocycles. The molecule has 0 spiro atoms. The SMILES string of the molecule is COc1ccc(Cn2cc3c(n2)c(Cl)nc2cccc(SC)c23)cc1. The van der Waals surface area contributed by atoms with Gasteiger partial charge >= 0.3 is 0 Å². The predicted molar refractivity (Wildman–Crippen MR) is 104 cm³/mol. The van der Waals surface area contributed by atoms with Crippen LogP contribution < -0.4 is 4.74 Å². The Morgan fingerprint density at radius 3 is 2.68 bits per heavy atom. The number of aromatic nitrogens is 3. The lowest BCUT2D eigenvalue weighted by molar-refractivity contribution is 0.414. The molecule has 0 radical (unpaired) electrons. The van der Waals surface area contributed by atoms with E-state index in [0.29, 0.717) is 11.7 Å². The van der Waals surface area contributed by atoms with Gasteiger partial charge in [-0.15, -0.1) is 11.8 Å². The normalized spacial score (nSPS) is 11.3. The molecule has 2 aromatic heterocycles. The van der Waals surface area contributed by atoms with Crippen molar-refractivity contribution in [1.29, 1.82) is 0 Å². The number of rotatable bonds is 4. The summed E-state index contributed by atoms with van der Waals surface area (Å²) in [7, 11) is 1.67. The van der Waals surface area contributed by atoms with E-state index in [0.717, 1.165) is 33.1 Å². The van der Waals surface area contributed by atoms with Crippen LogP contribution in [0.25, 0.3) is 21.8 Å². The quantitative estimate of drug-likeness (QED) is 0.374. The monoisotopic (exact) mass is 369 g/mol. The van der Waals surface area contributed by atoms with Crippen LogP contribution in [0.1, 0.15) is 5.56 Å². The van der Waals surface area contributed by atoms with Crippen molar-refractivity contribution in [2.24, 2.45) is 0 Å². The Morgan fingerprint density at radius 1 is 1.16 bits per heavy atom. The van der Waals surface area contributed by atoms with E-state index in [1.165, 1.54) is 4.90 Å². The molecular formula is C19H16ClN3OS. The minimum atomic E-state index is 0.439. The number of benzene rings is 2. The Morgan fingerprint density at radius 2 is 1.96 bits per heavy atom. The Labute approximate surface area is 154 Å². The summed E-state index contributed by atoms with van der Waals surface area (Å²) in [6.07, 6.45) is 4.12. The highest BCUT2D eigenvalue weighted by atomic mass is 35.5. The summed E-state index contributed by atoms with van der Waals surface area (Å²) in [5, 5.41) is 7.24. The van der Waals surface area contributed by atoms with Crippen molar-refractivity contribution in [2.45, 2.75) is 11.4 Å². The van der Waals surface area contributed by atoms with E-state index in [-0.39, 0.29) is 0 Å². The number of hydrogen-bond acceptors (Lipinski definition) is 4. The largest absolute Gasteiger partial charge is 0.497 e. The highest BCUT2D eigenvalue weighted by Crippen LogP contribution is 2.34. The van der Waals surface area contributed by atoms with Crippen LogP contribution >= 0.6 is 23.4 Å². The number of thioether (sulfide) groups is 1. The van der Waals surface area contributed by atoms with Gasteiger partial charge in [-0.3, -0.25) is 4.68 Å². The molecule has 25 heavy (non-hydrogen) atoms.